The number of halogens is 1. The number of aromatic nitrogens is 7. The standard InChI is InChI=1S/C19H17FN8O/c1-13-24-25-26-27(13)18(12-14-2-4-15(20)5-3-14)19(29)23-16-6-8-17(9-7-16)28-21-10-11-22-28/h2-11,18H,12H2,1H3,(H,23,29). The normalized spacial score (nSPS) is 11.9. The highest BCUT2D eigenvalue weighted by molar-refractivity contribution is 5.94. The van der Waals surface area contributed by atoms with Gasteiger partial charge in [0.2, 0.25) is 5.91 Å². The van der Waals surface area contributed by atoms with Crippen LogP contribution in [0.15, 0.2) is 60.9 Å². The molecule has 0 spiro atoms. The number of rotatable bonds is 6. The maximum atomic E-state index is 13.2. The monoisotopic (exact) mass is 392 g/mol. The molecule has 0 bridgehead atoms. The number of carbonyl (C=O) groups excluding carboxylic acids is 1. The predicted molar refractivity (Wildman–Crippen MR) is 102 cm³/mol. The number of aryl methyl sites for hydroxylation is 1. The average Bonchev–Trinajstić information content (AvgIpc) is 3.40. The van der Waals surface area contributed by atoms with E-state index in [1.54, 1.807) is 55.7 Å². The van der Waals surface area contributed by atoms with Crippen molar-refractivity contribution < 1.29 is 9.18 Å². The lowest BCUT2D eigenvalue weighted by Crippen LogP contribution is -2.29. The van der Waals surface area contributed by atoms with Crippen LogP contribution in [0.4, 0.5) is 10.1 Å². The van der Waals surface area contributed by atoms with Crippen molar-refractivity contribution in [3.05, 3.63) is 78.1 Å². The van der Waals surface area contributed by atoms with Gasteiger partial charge in [0, 0.05) is 12.1 Å². The van der Waals surface area contributed by atoms with Crippen LogP contribution >= 0.6 is 0 Å². The molecule has 1 N–H and O–H groups in total. The molecule has 4 aromatic rings. The Morgan fingerprint density at radius 2 is 1.76 bits per heavy atom. The van der Waals surface area contributed by atoms with E-state index in [-0.39, 0.29) is 11.7 Å². The first-order valence-corrected chi connectivity index (χ1v) is 8.87. The second-order valence-electron chi connectivity index (χ2n) is 6.37. The largest absolute Gasteiger partial charge is 0.324 e. The van der Waals surface area contributed by atoms with Crippen LogP contribution in [-0.4, -0.2) is 41.1 Å². The molecule has 0 saturated heterocycles. The van der Waals surface area contributed by atoms with E-state index in [1.165, 1.54) is 21.6 Å². The Morgan fingerprint density at radius 3 is 2.38 bits per heavy atom. The zero-order chi connectivity index (χ0) is 20.2. The number of tetrazole rings is 1. The van der Waals surface area contributed by atoms with Gasteiger partial charge in [-0.25, -0.2) is 9.07 Å². The molecule has 0 aliphatic rings. The van der Waals surface area contributed by atoms with Crippen LogP contribution in [0.2, 0.25) is 0 Å². The molecule has 1 atom stereocenters. The van der Waals surface area contributed by atoms with Gasteiger partial charge in [-0.15, -0.1) is 5.10 Å². The van der Waals surface area contributed by atoms with Gasteiger partial charge in [0.25, 0.3) is 0 Å². The number of nitrogens with zero attached hydrogens (tertiary/aromatic N) is 7. The highest BCUT2D eigenvalue weighted by Crippen LogP contribution is 2.19. The second kappa shape index (κ2) is 7.97. The summed E-state index contributed by atoms with van der Waals surface area (Å²) >= 11 is 0. The maximum Gasteiger partial charge on any atom is 0.249 e. The molecule has 9 nitrogen and oxygen atoms in total. The number of nitrogens with one attached hydrogen (secondary N) is 1. The lowest BCUT2D eigenvalue weighted by Gasteiger charge is -2.18. The smallest absolute Gasteiger partial charge is 0.249 e. The van der Waals surface area contributed by atoms with Crippen LogP contribution in [0, 0.1) is 12.7 Å². The Morgan fingerprint density at radius 1 is 1.07 bits per heavy atom. The third-order valence-electron chi connectivity index (χ3n) is 4.38. The molecule has 2 aromatic heterocycles. The molecule has 1 unspecified atom stereocenters. The lowest BCUT2D eigenvalue weighted by molar-refractivity contribution is -0.119. The van der Waals surface area contributed by atoms with Crippen molar-refractivity contribution in [3.63, 3.8) is 0 Å². The first-order chi connectivity index (χ1) is 14.1. The molecule has 0 saturated carbocycles. The van der Waals surface area contributed by atoms with Crippen LogP contribution in [0.1, 0.15) is 17.4 Å². The summed E-state index contributed by atoms with van der Waals surface area (Å²) in [6.07, 6.45) is 3.49. The van der Waals surface area contributed by atoms with E-state index in [2.05, 4.69) is 31.0 Å². The van der Waals surface area contributed by atoms with Gasteiger partial charge in [0.05, 0.1) is 18.1 Å². The van der Waals surface area contributed by atoms with E-state index in [9.17, 15) is 9.18 Å². The minimum atomic E-state index is -0.692. The minimum absolute atomic E-state index is 0.283. The summed E-state index contributed by atoms with van der Waals surface area (Å²) in [7, 11) is 0. The summed E-state index contributed by atoms with van der Waals surface area (Å²) in [4.78, 5) is 14.5. The van der Waals surface area contributed by atoms with Gasteiger partial charge in [-0.1, -0.05) is 12.1 Å². The summed E-state index contributed by atoms with van der Waals surface area (Å²) in [6, 6.07) is 12.4. The number of amides is 1. The van der Waals surface area contributed by atoms with E-state index in [1.807, 2.05) is 0 Å². The molecule has 0 aliphatic heterocycles. The molecular weight excluding hydrogens is 375 g/mol. The fourth-order valence-electron chi connectivity index (χ4n) is 2.91. The van der Waals surface area contributed by atoms with Crippen LogP contribution in [-0.2, 0) is 11.2 Å². The zero-order valence-electron chi connectivity index (χ0n) is 15.5. The average molecular weight is 392 g/mol. The number of hydrogen-bond acceptors (Lipinski definition) is 6. The van der Waals surface area contributed by atoms with Gasteiger partial charge < -0.3 is 5.32 Å². The topological polar surface area (TPSA) is 103 Å². The Kier molecular flexibility index (Phi) is 5.06. The third kappa shape index (κ3) is 4.15. The van der Waals surface area contributed by atoms with Crippen molar-refractivity contribution in [2.45, 2.75) is 19.4 Å². The van der Waals surface area contributed by atoms with Gasteiger partial charge in [-0.05, 0) is 59.3 Å². The van der Waals surface area contributed by atoms with Crippen molar-refractivity contribution >= 4 is 11.6 Å². The minimum Gasteiger partial charge on any atom is -0.324 e. The van der Waals surface area contributed by atoms with Crippen molar-refractivity contribution in [1.82, 2.24) is 35.2 Å². The van der Waals surface area contributed by atoms with Crippen LogP contribution < -0.4 is 5.32 Å². The number of benzene rings is 2. The Labute approximate surface area is 165 Å². The van der Waals surface area contributed by atoms with Crippen LogP contribution in [0.25, 0.3) is 5.69 Å². The molecule has 2 heterocycles. The quantitative estimate of drug-likeness (QED) is 0.539. The highest BCUT2D eigenvalue weighted by Gasteiger charge is 2.24. The first-order valence-electron chi connectivity index (χ1n) is 8.87. The first kappa shape index (κ1) is 18.4. The van der Waals surface area contributed by atoms with Gasteiger partial charge in [0.15, 0.2) is 0 Å². The summed E-state index contributed by atoms with van der Waals surface area (Å²) in [5, 5.41) is 22.5. The fraction of sp³-hybridized carbons (Fsp3) is 0.158. The van der Waals surface area contributed by atoms with Crippen LogP contribution in [0.5, 0.6) is 0 Å². The number of carbonyl (C=O) groups is 1. The van der Waals surface area contributed by atoms with Gasteiger partial charge in [-0.2, -0.15) is 15.0 Å². The Bertz CT molecular complexity index is 1090. The molecular formula is C19H17FN8O. The molecule has 146 valence electrons. The second-order valence-corrected chi connectivity index (χ2v) is 6.37. The number of anilines is 1. The van der Waals surface area contributed by atoms with Gasteiger partial charge >= 0.3 is 0 Å². The molecule has 1 amide bonds. The maximum absolute atomic E-state index is 13.2. The van der Waals surface area contributed by atoms with Crippen molar-refractivity contribution in [2.75, 3.05) is 5.32 Å². The molecule has 0 fully saturated rings. The summed E-state index contributed by atoms with van der Waals surface area (Å²) < 4.78 is 14.7. The molecule has 4 rings (SSSR count). The Hall–Kier alpha value is -3.95. The van der Waals surface area contributed by atoms with E-state index < -0.39 is 6.04 Å². The Balaban J connectivity index is 1.54. The molecule has 0 aliphatic carbocycles. The third-order valence-corrected chi connectivity index (χ3v) is 4.38. The van der Waals surface area contributed by atoms with E-state index >= 15 is 0 Å². The van der Waals surface area contributed by atoms with E-state index in [0.29, 0.717) is 17.9 Å². The zero-order valence-corrected chi connectivity index (χ0v) is 15.5. The SMILES string of the molecule is Cc1nnnn1C(Cc1ccc(F)cc1)C(=O)Nc1ccc(-n2nccn2)cc1. The fourth-order valence-corrected chi connectivity index (χ4v) is 2.91. The predicted octanol–water partition coefficient (Wildman–Crippen LogP) is 2.12. The van der Waals surface area contributed by atoms with Gasteiger partial charge in [0.1, 0.15) is 17.7 Å². The molecule has 0 radical (unpaired) electrons. The van der Waals surface area contributed by atoms with Crippen molar-refractivity contribution in [2.24, 2.45) is 0 Å². The molecule has 29 heavy (non-hydrogen) atoms. The summed E-state index contributed by atoms with van der Waals surface area (Å²) in [5.41, 5.74) is 2.18. The number of hydrogen-bond donors (Lipinski definition) is 1. The van der Waals surface area contributed by atoms with Crippen molar-refractivity contribution in [1.29, 1.82) is 0 Å². The summed E-state index contributed by atoms with van der Waals surface area (Å²) in [6.45, 7) is 1.72. The molecule has 2 aromatic carbocycles. The highest BCUT2D eigenvalue weighted by atomic mass is 19.1. The van der Waals surface area contributed by atoms with Crippen molar-refractivity contribution in [3.8, 4) is 5.69 Å². The van der Waals surface area contributed by atoms with Gasteiger partial charge in [-0.3, -0.25) is 4.79 Å². The summed E-state index contributed by atoms with van der Waals surface area (Å²) in [5.74, 6) is -0.109. The lowest BCUT2D eigenvalue weighted by atomic mass is 10.0. The molecule has 10 heteroatoms. The van der Waals surface area contributed by atoms with E-state index in [4.69, 9.17) is 0 Å². The van der Waals surface area contributed by atoms with Crippen LogP contribution in [0.3, 0.4) is 0 Å². The van der Waals surface area contributed by atoms with E-state index in [0.717, 1.165) is 11.3 Å².